The van der Waals surface area contributed by atoms with Gasteiger partial charge in [0.25, 0.3) is 23.4 Å². The standard InChI is InChI=1S/C16H10ClN3O5/c1-19-15(22)10-4-2-8(6-11(10)16(19)23)14(21)18-13-7-9(20(24)25)3-5-12(13)17/h2-7H,1H3,(H,18,21). The van der Waals surface area contributed by atoms with E-state index in [4.69, 9.17) is 11.6 Å². The number of non-ortho nitro benzene ring substituents is 1. The van der Waals surface area contributed by atoms with Crippen LogP contribution in [-0.2, 0) is 0 Å². The molecule has 0 spiro atoms. The van der Waals surface area contributed by atoms with Crippen molar-refractivity contribution in [3.05, 3.63) is 68.2 Å². The molecule has 2 aromatic carbocycles. The van der Waals surface area contributed by atoms with Crippen LogP contribution >= 0.6 is 11.6 Å². The average Bonchev–Trinajstić information content (AvgIpc) is 2.80. The van der Waals surface area contributed by atoms with E-state index in [9.17, 15) is 24.5 Å². The van der Waals surface area contributed by atoms with E-state index in [0.29, 0.717) is 0 Å². The van der Waals surface area contributed by atoms with Crippen LogP contribution in [0.2, 0.25) is 5.02 Å². The summed E-state index contributed by atoms with van der Waals surface area (Å²) < 4.78 is 0. The molecule has 3 rings (SSSR count). The molecule has 0 bridgehead atoms. The maximum atomic E-state index is 12.4. The highest BCUT2D eigenvalue weighted by molar-refractivity contribution is 6.34. The van der Waals surface area contributed by atoms with E-state index < -0.39 is 22.6 Å². The van der Waals surface area contributed by atoms with E-state index in [0.717, 1.165) is 11.0 Å². The summed E-state index contributed by atoms with van der Waals surface area (Å²) in [5.41, 5.74) is 0.317. The molecule has 9 heteroatoms. The first kappa shape index (κ1) is 16.6. The van der Waals surface area contributed by atoms with Crippen molar-refractivity contribution in [1.29, 1.82) is 0 Å². The fourth-order valence-electron chi connectivity index (χ4n) is 2.42. The molecule has 0 atom stereocenters. The molecule has 0 fully saturated rings. The van der Waals surface area contributed by atoms with Crippen molar-refractivity contribution in [3.63, 3.8) is 0 Å². The number of amides is 3. The first-order valence-corrected chi connectivity index (χ1v) is 7.39. The van der Waals surface area contributed by atoms with Gasteiger partial charge in [-0.15, -0.1) is 0 Å². The van der Waals surface area contributed by atoms with Crippen molar-refractivity contribution < 1.29 is 19.3 Å². The molecular weight excluding hydrogens is 350 g/mol. The molecule has 0 aliphatic carbocycles. The van der Waals surface area contributed by atoms with Crippen LogP contribution in [0.4, 0.5) is 11.4 Å². The van der Waals surface area contributed by atoms with Crippen LogP contribution in [0, 0.1) is 10.1 Å². The molecule has 0 saturated carbocycles. The number of imide groups is 1. The molecule has 0 radical (unpaired) electrons. The quantitative estimate of drug-likeness (QED) is 0.514. The highest BCUT2D eigenvalue weighted by Gasteiger charge is 2.33. The van der Waals surface area contributed by atoms with Gasteiger partial charge in [-0.3, -0.25) is 29.4 Å². The minimum atomic E-state index is -0.611. The average molecular weight is 360 g/mol. The predicted octanol–water partition coefficient (Wildman–Crippen LogP) is 2.73. The van der Waals surface area contributed by atoms with Crippen LogP contribution in [-0.4, -0.2) is 34.6 Å². The summed E-state index contributed by atoms with van der Waals surface area (Å²) in [5.74, 6) is -1.54. The number of rotatable bonds is 3. The Bertz CT molecular complexity index is 957. The lowest BCUT2D eigenvalue weighted by Crippen LogP contribution is -2.24. The maximum Gasteiger partial charge on any atom is 0.271 e. The lowest BCUT2D eigenvalue weighted by Gasteiger charge is -2.08. The van der Waals surface area contributed by atoms with Crippen LogP contribution in [0.1, 0.15) is 31.1 Å². The SMILES string of the molecule is CN1C(=O)c2ccc(C(=O)Nc3cc([N+](=O)[O-])ccc3Cl)cc2C1=O. The van der Waals surface area contributed by atoms with Crippen LogP contribution < -0.4 is 5.32 Å². The molecule has 0 unspecified atom stereocenters. The largest absolute Gasteiger partial charge is 0.320 e. The lowest BCUT2D eigenvalue weighted by molar-refractivity contribution is -0.384. The molecule has 126 valence electrons. The summed E-state index contributed by atoms with van der Waals surface area (Å²) in [6, 6.07) is 7.74. The summed E-state index contributed by atoms with van der Waals surface area (Å²) in [6.45, 7) is 0. The number of carbonyl (C=O) groups is 3. The molecule has 0 aromatic heterocycles. The van der Waals surface area contributed by atoms with Gasteiger partial charge in [0.1, 0.15) is 0 Å². The van der Waals surface area contributed by atoms with Crippen molar-refractivity contribution in [3.8, 4) is 0 Å². The first-order chi connectivity index (χ1) is 11.8. The Hall–Kier alpha value is -3.26. The van der Waals surface area contributed by atoms with Gasteiger partial charge in [-0.05, 0) is 24.3 Å². The Morgan fingerprint density at radius 2 is 1.80 bits per heavy atom. The van der Waals surface area contributed by atoms with E-state index in [1.54, 1.807) is 0 Å². The number of fused-ring (bicyclic) bond motifs is 1. The Balaban J connectivity index is 1.91. The Kier molecular flexibility index (Phi) is 3.97. The zero-order chi connectivity index (χ0) is 18.3. The number of nitro benzene ring substituents is 1. The van der Waals surface area contributed by atoms with Gasteiger partial charge in [-0.2, -0.15) is 0 Å². The van der Waals surface area contributed by atoms with Crippen molar-refractivity contribution in [1.82, 2.24) is 4.90 Å². The van der Waals surface area contributed by atoms with Crippen molar-refractivity contribution >= 4 is 40.7 Å². The number of carbonyl (C=O) groups excluding carboxylic acids is 3. The van der Waals surface area contributed by atoms with Crippen LogP contribution in [0.5, 0.6) is 0 Å². The van der Waals surface area contributed by atoms with Crippen LogP contribution in [0.15, 0.2) is 36.4 Å². The topological polar surface area (TPSA) is 110 Å². The van der Waals surface area contributed by atoms with E-state index >= 15 is 0 Å². The summed E-state index contributed by atoms with van der Waals surface area (Å²) in [6.07, 6.45) is 0. The molecule has 0 saturated heterocycles. The number of nitrogens with one attached hydrogen (secondary N) is 1. The molecular formula is C16H10ClN3O5. The normalized spacial score (nSPS) is 13.0. The number of benzene rings is 2. The van der Waals surface area contributed by atoms with Crippen LogP contribution in [0.3, 0.4) is 0 Å². The third kappa shape index (κ3) is 2.83. The number of halogens is 1. The summed E-state index contributed by atoms with van der Waals surface area (Å²) in [4.78, 5) is 47.4. The van der Waals surface area contributed by atoms with Gasteiger partial charge in [0.2, 0.25) is 0 Å². The maximum absolute atomic E-state index is 12.4. The second-order valence-corrected chi connectivity index (χ2v) is 5.71. The summed E-state index contributed by atoms with van der Waals surface area (Å²) >= 11 is 5.94. The Morgan fingerprint density at radius 1 is 1.12 bits per heavy atom. The summed E-state index contributed by atoms with van der Waals surface area (Å²) in [7, 11) is 1.35. The molecule has 1 aliphatic rings. The van der Waals surface area contributed by atoms with Crippen molar-refractivity contribution in [2.24, 2.45) is 0 Å². The number of nitro groups is 1. The molecule has 1 heterocycles. The number of hydrogen-bond acceptors (Lipinski definition) is 5. The molecule has 1 aliphatic heterocycles. The third-order valence-electron chi connectivity index (χ3n) is 3.76. The zero-order valence-corrected chi connectivity index (χ0v) is 13.5. The number of hydrogen-bond donors (Lipinski definition) is 1. The van der Waals surface area contributed by atoms with Gasteiger partial charge in [-0.25, -0.2) is 0 Å². The zero-order valence-electron chi connectivity index (χ0n) is 12.8. The second-order valence-electron chi connectivity index (χ2n) is 5.31. The minimum absolute atomic E-state index is 0.0703. The van der Waals surface area contributed by atoms with Gasteiger partial charge in [-0.1, -0.05) is 11.6 Å². The van der Waals surface area contributed by atoms with Gasteiger partial charge in [0, 0.05) is 24.7 Å². The Labute approximate surface area is 146 Å². The first-order valence-electron chi connectivity index (χ1n) is 7.01. The minimum Gasteiger partial charge on any atom is -0.320 e. The highest BCUT2D eigenvalue weighted by atomic mass is 35.5. The van der Waals surface area contributed by atoms with E-state index in [1.807, 2.05) is 0 Å². The molecule has 1 N–H and O–H groups in total. The predicted molar refractivity (Wildman–Crippen MR) is 88.9 cm³/mol. The fourth-order valence-corrected chi connectivity index (χ4v) is 2.58. The molecule has 25 heavy (non-hydrogen) atoms. The van der Waals surface area contributed by atoms with E-state index in [2.05, 4.69) is 5.32 Å². The lowest BCUT2D eigenvalue weighted by atomic mass is 10.1. The van der Waals surface area contributed by atoms with Gasteiger partial charge in [0.15, 0.2) is 0 Å². The molecule has 8 nitrogen and oxygen atoms in total. The van der Waals surface area contributed by atoms with Crippen molar-refractivity contribution in [2.75, 3.05) is 12.4 Å². The third-order valence-corrected chi connectivity index (χ3v) is 4.09. The molecule has 3 amide bonds. The highest BCUT2D eigenvalue weighted by Crippen LogP contribution is 2.28. The van der Waals surface area contributed by atoms with Gasteiger partial charge < -0.3 is 5.32 Å². The van der Waals surface area contributed by atoms with Gasteiger partial charge >= 0.3 is 0 Å². The summed E-state index contributed by atoms with van der Waals surface area (Å²) in [5, 5.41) is 13.4. The second kappa shape index (κ2) is 5.99. The number of nitrogens with zero attached hydrogens (tertiary/aromatic N) is 2. The fraction of sp³-hybridized carbons (Fsp3) is 0.0625. The smallest absolute Gasteiger partial charge is 0.271 e. The van der Waals surface area contributed by atoms with Crippen LogP contribution in [0.25, 0.3) is 0 Å². The molecule has 2 aromatic rings. The monoisotopic (exact) mass is 359 g/mol. The van der Waals surface area contributed by atoms with Gasteiger partial charge in [0.05, 0.1) is 26.8 Å². The van der Waals surface area contributed by atoms with Crippen molar-refractivity contribution in [2.45, 2.75) is 0 Å². The Morgan fingerprint density at radius 3 is 2.48 bits per heavy atom. The van der Waals surface area contributed by atoms with E-state index in [1.165, 1.54) is 37.4 Å². The number of anilines is 1. The van der Waals surface area contributed by atoms with E-state index in [-0.39, 0.29) is 33.1 Å².